The van der Waals surface area contributed by atoms with Gasteiger partial charge in [-0.25, -0.2) is 4.98 Å². The largest absolute Gasteiger partial charge is 0.354 e. The number of anilines is 1. The molecule has 0 amide bonds. The fourth-order valence-electron chi connectivity index (χ4n) is 5.43. The molecule has 0 bridgehead atoms. The summed E-state index contributed by atoms with van der Waals surface area (Å²) < 4.78 is 3.35. The maximum Gasteiger partial charge on any atom is 0.284 e. The van der Waals surface area contributed by atoms with Gasteiger partial charge in [0, 0.05) is 54.7 Å². The van der Waals surface area contributed by atoms with Gasteiger partial charge in [0.2, 0.25) is 0 Å². The Morgan fingerprint density at radius 1 is 1.05 bits per heavy atom. The van der Waals surface area contributed by atoms with E-state index in [0.717, 1.165) is 48.5 Å². The number of likely N-dealkylation sites (N-methyl/N-ethyl adjacent to an activating group) is 1. The van der Waals surface area contributed by atoms with Crippen LogP contribution >= 0.6 is 11.6 Å². The number of H-pyrrole nitrogens is 1. The van der Waals surface area contributed by atoms with E-state index in [1.54, 1.807) is 27.6 Å². The van der Waals surface area contributed by atoms with Gasteiger partial charge in [0.25, 0.3) is 5.56 Å². The number of nitrogens with one attached hydrogen (secondary N) is 1. The topological polar surface area (TPSA) is 112 Å². The lowest BCUT2D eigenvalue weighted by Crippen LogP contribution is -2.44. The van der Waals surface area contributed by atoms with Crippen LogP contribution in [0.5, 0.6) is 0 Å². The highest BCUT2D eigenvalue weighted by Crippen LogP contribution is 2.31. The molecule has 11 heteroatoms. The van der Waals surface area contributed by atoms with E-state index in [-0.39, 0.29) is 10.6 Å². The molecule has 198 valence electrons. The summed E-state index contributed by atoms with van der Waals surface area (Å²) in [6, 6.07) is 15.3. The molecule has 40 heavy (non-hydrogen) atoms. The van der Waals surface area contributed by atoms with Crippen molar-refractivity contribution in [3.63, 3.8) is 0 Å². The van der Waals surface area contributed by atoms with Crippen LogP contribution in [0.15, 0.2) is 65.8 Å². The number of piperazine rings is 1. The quantitative estimate of drug-likeness (QED) is 0.354. The minimum atomic E-state index is -0.278. The summed E-state index contributed by atoms with van der Waals surface area (Å²) in [5.41, 5.74) is 3.38. The van der Waals surface area contributed by atoms with E-state index in [0.29, 0.717) is 39.6 Å². The molecule has 0 saturated carbocycles. The standard InChI is InChI=1S/C29H24ClN9O/c1-36-7-9-37(10-8-36)27-6-5-18(14-32-27)16-38-17-22-20-11-19(13-31)23(30)12-26(20)39(29(40)28(22)35-38)25-4-2-3-24-21(25)15-33-34-24/h2-6,11-12,14-15,17H,7-10,16H2,1H3,(H,33,34). The Labute approximate surface area is 233 Å². The van der Waals surface area contributed by atoms with Crippen molar-refractivity contribution in [2.75, 3.05) is 38.1 Å². The molecule has 0 unspecified atom stereocenters. The molecule has 1 aliphatic heterocycles. The van der Waals surface area contributed by atoms with Crippen LogP contribution < -0.4 is 10.5 Å². The molecule has 1 N–H and O–H groups in total. The van der Waals surface area contributed by atoms with Crippen molar-refractivity contribution < 1.29 is 0 Å². The van der Waals surface area contributed by atoms with Gasteiger partial charge in [0.15, 0.2) is 5.52 Å². The summed E-state index contributed by atoms with van der Waals surface area (Å²) in [7, 11) is 2.13. The highest BCUT2D eigenvalue weighted by atomic mass is 35.5. The first-order chi connectivity index (χ1) is 19.5. The summed E-state index contributed by atoms with van der Waals surface area (Å²) in [5.74, 6) is 0.964. The van der Waals surface area contributed by atoms with Gasteiger partial charge in [-0.05, 0) is 42.9 Å². The molecule has 0 atom stereocenters. The van der Waals surface area contributed by atoms with Crippen LogP contribution in [0.4, 0.5) is 5.82 Å². The first kappa shape index (κ1) is 24.3. The minimum absolute atomic E-state index is 0.278. The Bertz CT molecular complexity index is 2010. The Balaban J connectivity index is 1.34. The second-order valence-electron chi connectivity index (χ2n) is 10.1. The van der Waals surface area contributed by atoms with E-state index in [9.17, 15) is 10.1 Å². The molecule has 4 aromatic heterocycles. The van der Waals surface area contributed by atoms with Crippen LogP contribution in [-0.2, 0) is 6.54 Å². The molecule has 6 aromatic rings. The average molecular weight is 550 g/mol. The lowest BCUT2D eigenvalue weighted by molar-refractivity contribution is 0.312. The number of aromatic amines is 1. The Hall–Kier alpha value is -4.72. The summed E-state index contributed by atoms with van der Waals surface area (Å²) in [5, 5.41) is 23.9. The highest BCUT2D eigenvalue weighted by Gasteiger charge is 2.20. The van der Waals surface area contributed by atoms with Gasteiger partial charge in [-0.3, -0.25) is 19.1 Å². The van der Waals surface area contributed by atoms with Crippen LogP contribution in [0.2, 0.25) is 5.02 Å². The second-order valence-corrected chi connectivity index (χ2v) is 10.5. The lowest BCUT2D eigenvalue weighted by atomic mass is 10.1. The van der Waals surface area contributed by atoms with E-state index in [1.807, 2.05) is 36.7 Å². The van der Waals surface area contributed by atoms with Crippen molar-refractivity contribution >= 4 is 50.1 Å². The zero-order valence-corrected chi connectivity index (χ0v) is 22.4. The third kappa shape index (κ3) is 3.99. The second kappa shape index (κ2) is 9.48. The number of aromatic nitrogens is 6. The SMILES string of the molecule is CN1CCN(c2ccc(Cn3cc4c(n3)c(=O)n(-c3cccc5[nH]ncc35)c3cc(Cl)c(C#N)cc43)cn2)CC1. The predicted molar refractivity (Wildman–Crippen MR) is 155 cm³/mol. The van der Waals surface area contributed by atoms with Crippen molar-refractivity contribution in [3.8, 4) is 11.8 Å². The average Bonchev–Trinajstić information content (AvgIpc) is 3.62. The van der Waals surface area contributed by atoms with Gasteiger partial charge >= 0.3 is 0 Å². The molecule has 7 rings (SSSR count). The molecule has 1 aliphatic rings. The molecular weight excluding hydrogens is 526 g/mol. The molecule has 0 aliphatic carbocycles. The third-order valence-electron chi connectivity index (χ3n) is 7.59. The summed E-state index contributed by atoms with van der Waals surface area (Å²) in [6.45, 7) is 4.38. The van der Waals surface area contributed by atoms with Crippen LogP contribution in [0.3, 0.4) is 0 Å². The maximum atomic E-state index is 14.0. The van der Waals surface area contributed by atoms with E-state index < -0.39 is 0 Å². The number of halogens is 1. The third-order valence-corrected chi connectivity index (χ3v) is 7.90. The Kier molecular flexibility index (Phi) is 5.77. The fourth-order valence-corrected chi connectivity index (χ4v) is 5.63. The molecule has 5 heterocycles. The Morgan fingerprint density at radius 3 is 2.67 bits per heavy atom. The Morgan fingerprint density at radius 2 is 1.90 bits per heavy atom. The van der Waals surface area contributed by atoms with E-state index >= 15 is 0 Å². The van der Waals surface area contributed by atoms with Crippen molar-refractivity contribution in [2.24, 2.45) is 0 Å². The maximum absolute atomic E-state index is 14.0. The molecule has 0 radical (unpaired) electrons. The lowest BCUT2D eigenvalue weighted by Gasteiger charge is -2.33. The van der Waals surface area contributed by atoms with Crippen molar-refractivity contribution in [3.05, 3.63) is 87.6 Å². The van der Waals surface area contributed by atoms with Crippen LogP contribution in [-0.4, -0.2) is 67.7 Å². The van der Waals surface area contributed by atoms with Crippen LogP contribution in [0.1, 0.15) is 11.1 Å². The number of nitriles is 1. The number of fused-ring (bicyclic) bond motifs is 4. The van der Waals surface area contributed by atoms with E-state index in [4.69, 9.17) is 21.7 Å². The number of rotatable bonds is 4. The predicted octanol–water partition coefficient (Wildman–Crippen LogP) is 3.94. The number of benzene rings is 2. The zero-order valence-electron chi connectivity index (χ0n) is 21.7. The number of hydrogen-bond acceptors (Lipinski definition) is 7. The molecule has 1 fully saturated rings. The van der Waals surface area contributed by atoms with Gasteiger partial charge in [0.05, 0.1) is 40.0 Å². The molecular formula is C29H24ClN9O. The van der Waals surface area contributed by atoms with Crippen molar-refractivity contribution in [1.29, 1.82) is 5.26 Å². The summed E-state index contributed by atoms with van der Waals surface area (Å²) >= 11 is 6.46. The van der Waals surface area contributed by atoms with Crippen molar-refractivity contribution in [1.82, 2.24) is 34.4 Å². The van der Waals surface area contributed by atoms with Crippen LogP contribution in [0.25, 0.3) is 38.4 Å². The fraction of sp³-hybridized carbons (Fsp3) is 0.207. The molecule has 2 aromatic carbocycles. The van der Waals surface area contributed by atoms with Crippen molar-refractivity contribution in [2.45, 2.75) is 6.54 Å². The molecule has 1 saturated heterocycles. The smallest absolute Gasteiger partial charge is 0.284 e. The first-order valence-electron chi connectivity index (χ1n) is 13.0. The van der Waals surface area contributed by atoms with Gasteiger partial charge < -0.3 is 9.80 Å². The summed E-state index contributed by atoms with van der Waals surface area (Å²) in [6.07, 6.45) is 5.41. The number of pyridine rings is 2. The highest BCUT2D eigenvalue weighted by molar-refractivity contribution is 6.32. The first-order valence-corrected chi connectivity index (χ1v) is 13.3. The van der Waals surface area contributed by atoms with Gasteiger partial charge in [-0.15, -0.1) is 0 Å². The minimum Gasteiger partial charge on any atom is -0.354 e. The number of hydrogen-bond donors (Lipinski definition) is 1. The van der Waals surface area contributed by atoms with Gasteiger partial charge in [-0.2, -0.15) is 15.5 Å². The van der Waals surface area contributed by atoms with E-state index in [1.165, 1.54) is 0 Å². The normalized spacial score (nSPS) is 14.4. The van der Waals surface area contributed by atoms with Gasteiger partial charge in [-0.1, -0.05) is 23.7 Å². The number of nitrogens with zero attached hydrogens (tertiary/aromatic N) is 8. The van der Waals surface area contributed by atoms with Gasteiger partial charge in [0.1, 0.15) is 11.9 Å². The monoisotopic (exact) mass is 549 g/mol. The molecule has 10 nitrogen and oxygen atoms in total. The molecule has 0 spiro atoms. The van der Waals surface area contributed by atoms with Crippen LogP contribution in [0, 0.1) is 11.3 Å². The summed E-state index contributed by atoms with van der Waals surface area (Å²) in [4.78, 5) is 23.3. The zero-order chi connectivity index (χ0) is 27.4. The van der Waals surface area contributed by atoms with E-state index in [2.05, 4.69) is 39.2 Å².